The van der Waals surface area contributed by atoms with Crippen molar-refractivity contribution in [1.29, 1.82) is 0 Å². The van der Waals surface area contributed by atoms with Gasteiger partial charge in [0.25, 0.3) is 0 Å². The van der Waals surface area contributed by atoms with E-state index in [9.17, 15) is 4.79 Å². The van der Waals surface area contributed by atoms with Gasteiger partial charge in [0.2, 0.25) is 0 Å². The van der Waals surface area contributed by atoms with Crippen LogP contribution in [0.15, 0.2) is 394 Å². The van der Waals surface area contributed by atoms with Crippen LogP contribution in [0, 0.1) is 0 Å². The molecule has 0 saturated carbocycles. The molecule has 0 aliphatic carbocycles. The highest BCUT2D eigenvalue weighted by Gasteiger charge is 2.60. The zero-order valence-electron chi connectivity index (χ0n) is 78.3. The van der Waals surface area contributed by atoms with E-state index in [-0.39, 0.29) is 101 Å². The molecule has 0 radical (unpaired) electrons. The molecule has 3 fully saturated rings. The smallest absolute Gasteiger partial charge is 0.452 e. The predicted molar refractivity (Wildman–Crippen MR) is 525 cm³/mol. The lowest BCUT2D eigenvalue weighted by atomic mass is 9.95. The molecule has 26 nitrogen and oxygen atoms in total. The van der Waals surface area contributed by atoms with Crippen LogP contribution in [0.3, 0.4) is 0 Å². The third kappa shape index (κ3) is 30.1. The molecular weight excluding hydrogens is 1830 g/mol. The van der Waals surface area contributed by atoms with Crippen LogP contribution in [0.1, 0.15) is 111 Å². The van der Waals surface area contributed by atoms with Gasteiger partial charge in [0.05, 0.1) is 88.3 Å². The third-order valence-corrected chi connectivity index (χ3v) is 25.3. The van der Waals surface area contributed by atoms with E-state index < -0.39 is 137 Å². The van der Waals surface area contributed by atoms with E-state index in [1.165, 1.54) is 36.4 Å². The normalized spacial score (nSPS) is 21.1. The van der Waals surface area contributed by atoms with Gasteiger partial charge < -0.3 is 80.7 Å². The maximum Gasteiger partial charge on any atom is 0.475 e. The standard InChI is InChI=1S/C115H114NO25P/c117-108(92-61-33-10-34-62-92)136-101-98(82-132-142(122,130-78-90-57-29-8-30-58-90)131-79-91-59-31-9-32-60-91)135-113(107(139-111(120)95-67-39-13-40-68-95)104(101)137-109(118)93-63-35-11-36-64-93)140-103-100(127-75-87-51-23-5-24-52-87)97(81-124-73-85-47-19-3-20-48-85)134-114(106(103)138-110(119)94-65-37-12-38-66-94)141-105-102(128-76-88-53-25-6-26-54-88)99(126-74-86-49-21-4-22-50-86)96(80-123-72-84-45-17-2-18-46-84)133-112(105)125-70-42-14-41-69-116(71-83-43-15-1-16-44-83)115(121)129-77-89-55-27-7-28-56-89/h1-13,15-40,43-68,96-107,112-114H,14,41-42,69-82H2/t96-,97-,98-,99-,100-,101-,102+,103+,104+,105+,106+,107+,112+,113-,114-/m1/s1. The highest BCUT2D eigenvalue weighted by Crippen LogP contribution is 2.52. The highest BCUT2D eigenvalue weighted by atomic mass is 31.2. The quantitative estimate of drug-likeness (QED) is 0.0148. The number of carbonyl (C=O) groups is 5. The van der Waals surface area contributed by atoms with Gasteiger partial charge in [-0.15, -0.1) is 0 Å². The van der Waals surface area contributed by atoms with E-state index in [1.807, 2.05) is 224 Å². The number of hydrogen-bond donors (Lipinski definition) is 0. The van der Waals surface area contributed by atoms with Crippen molar-refractivity contribution in [2.75, 3.05) is 33.0 Å². The molecule has 3 aliphatic rings. The summed E-state index contributed by atoms with van der Waals surface area (Å²) in [4.78, 5) is 78.5. The number of unbranched alkanes of at least 4 members (excludes halogenated alkanes) is 2. The van der Waals surface area contributed by atoms with Crippen molar-refractivity contribution in [3.05, 3.63) is 467 Å². The Morgan fingerprint density at radius 1 is 0.254 bits per heavy atom. The summed E-state index contributed by atoms with van der Waals surface area (Å²) in [6.45, 7) is -1.34. The number of amides is 1. The van der Waals surface area contributed by atoms with E-state index in [1.54, 1.807) is 138 Å². The lowest BCUT2D eigenvalue weighted by Gasteiger charge is -2.51. The summed E-state index contributed by atoms with van der Waals surface area (Å²) in [6, 6.07) is 116. The van der Waals surface area contributed by atoms with Crippen LogP contribution in [-0.2, 0) is 153 Å². The number of carbonyl (C=O) groups excluding carboxylic acids is 5. The summed E-state index contributed by atoms with van der Waals surface area (Å²) < 4.78 is 149. The van der Waals surface area contributed by atoms with E-state index in [2.05, 4.69) is 0 Å². The van der Waals surface area contributed by atoms with Crippen molar-refractivity contribution in [2.45, 2.75) is 171 Å². The number of rotatable bonds is 49. The fourth-order valence-corrected chi connectivity index (χ4v) is 17.7. The first-order valence-electron chi connectivity index (χ1n) is 47.6. The highest BCUT2D eigenvalue weighted by molar-refractivity contribution is 7.48. The van der Waals surface area contributed by atoms with Crippen LogP contribution in [0.25, 0.3) is 0 Å². The summed E-state index contributed by atoms with van der Waals surface area (Å²) >= 11 is 0. The zero-order valence-corrected chi connectivity index (χ0v) is 79.2. The van der Waals surface area contributed by atoms with Crippen molar-refractivity contribution in [3.8, 4) is 0 Å². The molecular formula is C115H114NO25P. The van der Waals surface area contributed by atoms with E-state index in [0.717, 1.165) is 33.4 Å². The second kappa shape index (κ2) is 53.5. The number of nitrogens with zero attached hydrogens (tertiary/aromatic N) is 1. The minimum absolute atomic E-state index is 0.00253. The Bertz CT molecular complexity index is 5930. The molecule has 13 aromatic carbocycles. The van der Waals surface area contributed by atoms with Crippen LogP contribution < -0.4 is 0 Å². The SMILES string of the molecule is O=C(O[C@@H]1[C@H](OC(=O)c2ccccc2)[C@@H](O[C@@H]2[C@H](OC(=O)c3ccccc3)[C@@H](O[C@@H]3[C@@H](OCCCCCN(Cc4ccccc4)C(=O)OCc4ccccc4)O[C@H](COCc4ccccc4)[C@@H](OCc4ccccc4)[C@@H]3OCc3ccccc3)O[C@H](COCc3ccccc3)[C@H]2OCc2ccccc2)O[C@H](COP(=O)(OCc2ccccc2)OCc2ccccc2)[C@H]1OC(=O)c1ccccc1)c1ccccc1. The molecule has 0 spiro atoms. The number of hydrogen-bond acceptors (Lipinski definition) is 25. The van der Waals surface area contributed by atoms with Gasteiger partial charge in [0, 0.05) is 19.7 Å². The number of benzene rings is 13. The van der Waals surface area contributed by atoms with Crippen molar-refractivity contribution < 1.29 is 118 Å². The molecule has 142 heavy (non-hydrogen) atoms. The van der Waals surface area contributed by atoms with E-state index in [4.69, 9.17) is 89.4 Å². The Morgan fingerprint density at radius 2 is 0.549 bits per heavy atom. The Kier molecular flexibility index (Phi) is 38.3. The first-order valence-corrected chi connectivity index (χ1v) is 49.0. The first-order chi connectivity index (χ1) is 69.8. The maximum atomic E-state index is 16.1. The Hall–Kier alpha value is -13.3. The number of ether oxygens (including phenoxy) is 16. The molecule has 0 N–H and O–H groups in total. The zero-order chi connectivity index (χ0) is 97.5. The molecule has 27 heteroatoms. The largest absolute Gasteiger partial charge is 0.475 e. The first kappa shape index (κ1) is 102. The fourth-order valence-electron chi connectivity index (χ4n) is 16.6. The number of phosphoric ester groups is 1. The topological polar surface area (TPSA) is 281 Å². The molecule has 0 bridgehead atoms. The van der Waals surface area contributed by atoms with Crippen LogP contribution in [-0.4, -0.2) is 160 Å². The summed E-state index contributed by atoms with van der Waals surface area (Å²) in [5, 5.41) is 0. The fraction of sp³-hybridized carbons (Fsp3) is 0.278. The lowest BCUT2D eigenvalue weighted by Crippen LogP contribution is -2.68. The molecule has 3 saturated heterocycles. The minimum Gasteiger partial charge on any atom is -0.452 e. The van der Waals surface area contributed by atoms with Gasteiger partial charge in [-0.25, -0.2) is 28.5 Å². The van der Waals surface area contributed by atoms with Gasteiger partial charge in [0.1, 0.15) is 55.4 Å². The van der Waals surface area contributed by atoms with Gasteiger partial charge in [-0.3, -0.25) is 13.6 Å². The second-order valence-corrected chi connectivity index (χ2v) is 35.9. The predicted octanol–water partition coefficient (Wildman–Crippen LogP) is 20.6. The molecule has 1 amide bonds. The van der Waals surface area contributed by atoms with Crippen LogP contribution in [0.2, 0.25) is 0 Å². The van der Waals surface area contributed by atoms with E-state index in [0.29, 0.717) is 42.5 Å². The Morgan fingerprint density at radius 3 is 0.937 bits per heavy atom. The molecule has 13 aromatic rings. The van der Waals surface area contributed by atoms with Gasteiger partial charge in [-0.1, -0.05) is 346 Å². The van der Waals surface area contributed by atoms with Crippen molar-refractivity contribution in [2.24, 2.45) is 0 Å². The summed E-state index contributed by atoms with van der Waals surface area (Å²) in [7, 11) is -4.90. The monoisotopic (exact) mass is 1940 g/mol. The van der Waals surface area contributed by atoms with Crippen molar-refractivity contribution in [3.63, 3.8) is 0 Å². The van der Waals surface area contributed by atoms with Gasteiger partial charge >= 0.3 is 37.8 Å². The van der Waals surface area contributed by atoms with Gasteiger partial charge in [-0.05, 0) is 118 Å². The molecule has 0 unspecified atom stereocenters. The van der Waals surface area contributed by atoms with Gasteiger partial charge in [-0.2, -0.15) is 0 Å². The van der Waals surface area contributed by atoms with Gasteiger partial charge in [0.15, 0.2) is 43.3 Å². The molecule has 16 rings (SSSR count). The molecule has 15 atom stereocenters. The lowest BCUT2D eigenvalue weighted by molar-refractivity contribution is -0.391. The Balaban J connectivity index is 0.846. The molecule has 3 heterocycles. The minimum atomic E-state index is -4.90. The van der Waals surface area contributed by atoms with Crippen LogP contribution in [0.5, 0.6) is 0 Å². The molecule has 3 aliphatic heterocycles. The van der Waals surface area contributed by atoms with Crippen molar-refractivity contribution >= 4 is 37.8 Å². The average molecular weight is 1940 g/mol. The number of esters is 4. The molecule has 734 valence electrons. The third-order valence-electron chi connectivity index (χ3n) is 23.9. The Labute approximate surface area is 826 Å². The molecule has 0 aromatic heterocycles. The average Bonchev–Trinajstić information content (AvgIpc) is 0.753. The summed E-state index contributed by atoms with van der Waals surface area (Å²) in [5.74, 6) is -3.97. The number of phosphoric acid groups is 1. The van der Waals surface area contributed by atoms with E-state index >= 15 is 23.7 Å². The summed E-state index contributed by atoms with van der Waals surface area (Å²) in [5.41, 5.74) is 6.84. The second-order valence-electron chi connectivity index (χ2n) is 34.2. The van der Waals surface area contributed by atoms with Crippen LogP contribution in [0.4, 0.5) is 4.79 Å². The van der Waals surface area contributed by atoms with Crippen molar-refractivity contribution in [1.82, 2.24) is 4.90 Å². The summed E-state index contributed by atoms with van der Waals surface area (Å²) in [6.07, 6.45) is -24.1. The van der Waals surface area contributed by atoms with Crippen LogP contribution >= 0.6 is 7.82 Å². The maximum absolute atomic E-state index is 16.1.